The fourth-order valence-electron chi connectivity index (χ4n) is 4.18. The molecule has 178 valence electrons. The smallest absolute Gasteiger partial charge is 0.236 e. The number of hydrogen-bond acceptors (Lipinski definition) is 6. The van der Waals surface area contributed by atoms with Gasteiger partial charge in [-0.1, -0.05) is 53.7 Å². The normalized spacial score (nSPS) is 17.0. The van der Waals surface area contributed by atoms with Gasteiger partial charge >= 0.3 is 0 Å². The van der Waals surface area contributed by atoms with Gasteiger partial charge < -0.3 is 14.5 Å². The first-order chi connectivity index (χ1) is 16.6. The second-order valence-electron chi connectivity index (χ2n) is 8.63. The summed E-state index contributed by atoms with van der Waals surface area (Å²) in [6.45, 7) is 5.39. The van der Waals surface area contributed by atoms with Crippen molar-refractivity contribution in [3.8, 4) is 5.75 Å². The number of anilines is 1. The molecule has 3 aromatic rings. The number of hydrogen-bond donors (Lipinski definition) is 0. The van der Waals surface area contributed by atoms with Crippen LogP contribution in [0.15, 0.2) is 59.8 Å². The van der Waals surface area contributed by atoms with Gasteiger partial charge in [0.25, 0.3) is 0 Å². The molecule has 1 atom stereocenters. The van der Waals surface area contributed by atoms with Crippen molar-refractivity contribution in [3.63, 3.8) is 0 Å². The Morgan fingerprint density at radius 1 is 1.06 bits per heavy atom. The Kier molecular flexibility index (Phi) is 6.97. The lowest BCUT2D eigenvalue weighted by molar-refractivity contribution is -0.130. The predicted octanol–water partition coefficient (Wildman–Crippen LogP) is 4.67. The van der Waals surface area contributed by atoms with E-state index in [0.717, 1.165) is 50.0 Å². The molecule has 0 radical (unpaired) electrons. The summed E-state index contributed by atoms with van der Waals surface area (Å²) < 4.78 is 8.04. The minimum atomic E-state index is -0.234. The average Bonchev–Trinajstić information content (AvgIpc) is 3.64. The van der Waals surface area contributed by atoms with Crippen LogP contribution in [0.25, 0.3) is 0 Å². The van der Waals surface area contributed by atoms with Crippen LogP contribution in [0.1, 0.15) is 31.6 Å². The first-order valence-corrected chi connectivity index (χ1v) is 12.9. The quantitative estimate of drug-likeness (QED) is 0.421. The topological polar surface area (TPSA) is 63.5 Å². The number of ether oxygens (including phenoxy) is 1. The average molecular weight is 498 g/mol. The van der Waals surface area contributed by atoms with Crippen molar-refractivity contribution in [2.45, 2.75) is 42.8 Å². The molecule has 2 heterocycles. The fraction of sp³-hybridized carbons (Fsp3) is 0.400. The zero-order valence-electron chi connectivity index (χ0n) is 19.1. The van der Waals surface area contributed by atoms with Crippen LogP contribution in [-0.4, -0.2) is 57.0 Å². The van der Waals surface area contributed by atoms with Crippen LogP contribution in [-0.2, 0) is 11.4 Å². The number of aromatic nitrogens is 3. The lowest BCUT2D eigenvalue weighted by Gasteiger charge is -2.37. The van der Waals surface area contributed by atoms with Gasteiger partial charge in [0.1, 0.15) is 12.4 Å². The van der Waals surface area contributed by atoms with E-state index in [0.29, 0.717) is 16.8 Å². The van der Waals surface area contributed by atoms with E-state index in [2.05, 4.69) is 43.9 Å². The van der Waals surface area contributed by atoms with E-state index >= 15 is 0 Å². The van der Waals surface area contributed by atoms with Crippen LogP contribution in [0.2, 0.25) is 5.02 Å². The molecule has 1 aliphatic heterocycles. The van der Waals surface area contributed by atoms with E-state index in [9.17, 15) is 4.79 Å². The number of thioether (sulfide) groups is 1. The van der Waals surface area contributed by atoms with E-state index in [4.69, 9.17) is 16.3 Å². The van der Waals surface area contributed by atoms with Crippen LogP contribution in [0, 0.1) is 0 Å². The lowest BCUT2D eigenvalue weighted by atomic mass is 10.2. The highest BCUT2D eigenvalue weighted by molar-refractivity contribution is 8.00. The van der Waals surface area contributed by atoms with Crippen molar-refractivity contribution in [2.24, 2.45) is 0 Å². The molecule has 1 saturated carbocycles. The number of carbonyl (C=O) groups is 1. The molecule has 0 spiro atoms. The van der Waals surface area contributed by atoms with Gasteiger partial charge in [0.2, 0.25) is 5.91 Å². The summed E-state index contributed by atoms with van der Waals surface area (Å²) in [5, 5.41) is 9.92. The Labute approximate surface area is 209 Å². The van der Waals surface area contributed by atoms with E-state index in [-0.39, 0.29) is 17.8 Å². The van der Waals surface area contributed by atoms with Crippen molar-refractivity contribution < 1.29 is 9.53 Å². The molecule has 0 bridgehead atoms. The number of rotatable bonds is 8. The highest BCUT2D eigenvalue weighted by atomic mass is 35.5. The van der Waals surface area contributed by atoms with E-state index in [1.807, 2.05) is 36.1 Å². The van der Waals surface area contributed by atoms with Crippen molar-refractivity contribution in [3.05, 3.63) is 65.4 Å². The van der Waals surface area contributed by atoms with Crippen LogP contribution >= 0.6 is 23.4 Å². The monoisotopic (exact) mass is 497 g/mol. The molecule has 7 nitrogen and oxygen atoms in total. The molecule has 1 aromatic heterocycles. The number of carbonyl (C=O) groups excluding carboxylic acids is 1. The first-order valence-electron chi connectivity index (χ1n) is 11.7. The third kappa shape index (κ3) is 5.18. The number of benzene rings is 2. The van der Waals surface area contributed by atoms with Crippen LogP contribution in [0.5, 0.6) is 5.75 Å². The van der Waals surface area contributed by atoms with Gasteiger partial charge in [-0.2, -0.15) is 0 Å². The molecular formula is C25H28ClN5O2S. The number of halogens is 1. The highest BCUT2D eigenvalue weighted by Gasteiger charge is 2.32. The second-order valence-corrected chi connectivity index (χ2v) is 10.3. The number of para-hydroxylation sites is 2. The maximum absolute atomic E-state index is 13.2. The molecule has 0 unspecified atom stereocenters. The molecule has 2 aliphatic rings. The zero-order valence-corrected chi connectivity index (χ0v) is 20.7. The van der Waals surface area contributed by atoms with Crippen molar-refractivity contribution in [1.82, 2.24) is 19.7 Å². The van der Waals surface area contributed by atoms with Crippen molar-refractivity contribution in [2.75, 3.05) is 31.1 Å². The number of nitrogens with zero attached hydrogens (tertiary/aromatic N) is 5. The van der Waals surface area contributed by atoms with Crippen LogP contribution in [0.3, 0.4) is 0 Å². The molecule has 5 rings (SSSR count). The maximum Gasteiger partial charge on any atom is 0.236 e. The first kappa shape index (κ1) is 23.1. The summed E-state index contributed by atoms with van der Waals surface area (Å²) in [6.07, 6.45) is 2.18. The van der Waals surface area contributed by atoms with E-state index in [1.165, 1.54) is 17.4 Å². The molecule has 1 saturated heterocycles. The number of piperazine rings is 1. The summed E-state index contributed by atoms with van der Waals surface area (Å²) >= 11 is 7.70. The van der Waals surface area contributed by atoms with Crippen LogP contribution in [0.4, 0.5) is 5.69 Å². The Hall–Kier alpha value is -2.71. The van der Waals surface area contributed by atoms with Gasteiger partial charge in [0, 0.05) is 37.9 Å². The SMILES string of the molecule is C[C@@H](Sc1nnc(COc2ccccc2Cl)n1C1CC1)C(=O)N1CCN(c2ccccc2)CC1. The standard InChI is InChI=1S/C25H28ClN5O2S/c1-18(24(32)30-15-13-29(14-16-30)19-7-3-2-4-8-19)34-25-28-27-23(31(25)20-11-12-20)17-33-22-10-6-5-9-21(22)26/h2-10,18,20H,11-17H2,1H3/t18-/m1/s1. The summed E-state index contributed by atoms with van der Waals surface area (Å²) in [5.41, 5.74) is 1.21. The zero-order chi connectivity index (χ0) is 23.5. The van der Waals surface area contributed by atoms with Crippen molar-refractivity contribution in [1.29, 1.82) is 0 Å². The summed E-state index contributed by atoms with van der Waals surface area (Å²) in [4.78, 5) is 17.5. The minimum absolute atomic E-state index is 0.150. The van der Waals surface area contributed by atoms with Gasteiger partial charge in [-0.15, -0.1) is 10.2 Å². The highest BCUT2D eigenvalue weighted by Crippen LogP contribution is 2.40. The third-order valence-electron chi connectivity index (χ3n) is 6.18. The van der Waals surface area contributed by atoms with Gasteiger partial charge in [-0.3, -0.25) is 9.36 Å². The molecule has 9 heteroatoms. The Balaban J connectivity index is 1.20. The predicted molar refractivity (Wildman–Crippen MR) is 135 cm³/mol. The van der Waals surface area contributed by atoms with Gasteiger partial charge in [0.05, 0.1) is 10.3 Å². The fourth-order valence-corrected chi connectivity index (χ4v) is 5.39. The van der Waals surface area contributed by atoms with Gasteiger partial charge in [0.15, 0.2) is 11.0 Å². The third-order valence-corrected chi connectivity index (χ3v) is 7.54. The molecule has 0 N–H and O–H groups in total. The molecular weight excluding hydrogens is 470 g/mol. The second kappa shape index (κ2) is 10.3. The molecule has 34 heavy (non-hydrogen) atoms. The maximum atomic E-state index is 13.2. The Morgan fingerprint density at radius 2 is 1.76 bits per heavy atom. The lowest BCUT2D eigenvalue weighted by Crippen LogP contribution is -2.50. The Bertz CT molecular complexity index is 1130. The minimum Gasteiger partial charge on any atom is -0.484 e. The van der Waals surface area contributed by atoms with Gasteiger partial charge in [-0.05, 0) is 44.0 Å². The summed E-state index contributed by atoms with van der Waals surface area (Å²) in [7, 11) is 0. The molecule has 1 amide bonds. The summed E-state index contributed by atoms with van der Waals surface area (Å²) in [5.74, 6) is 1.54. The van der Waals surface area contributed by atoms with Crippen LogP contribution < -0.4 is 9.64 Å². The molecule has 2 aromatic carbocycles. The van der Waals surface area contributed by atoms with E-state index in [1.54, 1.807) is 6.07 Å². The molecule has 1 aliphatic carbocycles. The molecule has 2 fully saturated rings. The number of amides is 1. The van der Waals surface area contributed by atoms with Crippen molar-refractivity contribution >= 4 is 35.0 Å². The largest absolute Gasteiger partial charge is 0.484 e. The Morgan fingerprint density at radius 3 is 2.47 bits per heavy atom. The van der Waals surface area contributed by atoms with E-state index < -0.39 is 0 Å². The van der Waals surface area contributed by atoms with Gasteiger partial charge in [-0.25, -0.2) is 0 Å². The summed E-state index contributed by atoms with van der Waals surface area (Å²) in [6, 6.07) is 18.1.